The molecular weight excluding hydrogens is 224 g/mol. The fourth-order valence-electron chi connectivity index (χ4n) is 3.22. The van der Waals surface area contributed by atoms with Crippen molar-refractivity contribution in [2.75, 3.05) is 33.2 Å². The van der Waals surface area contributed by atoms with E-state index in [1.807, 2.05) is 0 Å². The highest BCUT2D eigenvalue weighted by Crippen LogP contribution is 2.29. The second kappa shape index (κ2) is 6.36. The molecule has 0 bridgehead atoms. The minimum Gasteiger partial charge on any atom is -0.371 e. The van der Waals surface area contributed by atoms with Crippen molar-refractivity contribution < 1.29 is 4.74 Å². The SMILES string of the molecule is CN(CCC1CCNCC1)CC1CCC(C)(C)O1. The van der Waals surface area contributed by atoms with E-state index in [0.717, 1.165) is 12.5 Å². The molecule has 2 saturated heterocycles. The summed E-state index contributed by atoms with van der Waals surface area (Å²) in [6.07, 6.45) is 6.97. The molecule has 2 rings (SSSR count). The van der Waals surface area contributed by atoms with Gasteiger partial charge >= 0.3 is 0 Å². The van der Waals surface area contributed by atoms with E-state index in [-0.39, 0.29) is 5.60 Å². The van der Waals surface area contributed by atoms with Gasteiger partial charge in [-0.25, -0.2) is 0 Å². The number of nitrogens with zero attached hydrogens (tertiary/aromatic N) is 1. The van der Waals surface area contributed by atoms with Gasteiger partial charge in [0.2, 0.25) is 0 Å². The highest BCUT2D eigenvalue weighted by atomic mass is 16.5. The molecule has 2 heterocycles. The fourth-order valence-corrected chi connectivity index (χ4v) is 3.22. The van der Waals surface area contributed by atoms with Gasteiger partial charge in [-0.1, -0.05) is 0 Å². The quantitative estimate of drug-likeness (QED) is 0.814. The van der Waals surface area contributed by atoms with Crippen LogP contribution in [0.15, 0.2) is 0 Å². The molecule has 0 aromatic heterocycles. The number of rotatable bonds is 5. The summed E-state index contributed by atoms with van der Waals surface area (Å²) in [5.74, 6) is 0.939. The van der Waals surface area contributed by atoms with Gasteiger partial charge in [0.25, 0.3) is 0 Å². The molecule has 0 aliphatic carbocycles. The van der Waals surface area contributed by atoms with Crippen molar-refractivity contribution in [3.8, 4) is 0 Å². The Hall–Kier alpha value is -0.120. The lowest BCUT2D eigenvalue weighted by Gasteiger charge is -2.27. The third-order valence-electron chi connectivity index (χ3n) is 4.45. The average molecular weight is 254 g/mol. The van der Waals surface area contributed by atoms with E-state index in [1.54, 1.807) is 0 Å². The minimum atomic E-state index is 0.112. The van der Waals surface area contributed by atoms with Crippen molar-refractivity contribution in [2.45, 2.75) is 57.7 Å². The Labute approximate surface area is 112 Å². The lowest BCUT2D eigenvalue weighted by Crippen LogP contribution is -2.34. The maximum atomic E-state index is 6.06. The number of hydrogen-bond donors (Lipinski definition) is 1. The lowest BCUT2D eigenvalue weighted by atomic mass is 9.94. The highest BCUT2D eigenvalue weighted by Gasteiger charge is 2.32. The van der Waals surface area contributed by atoms with Crippen molar-refractivity contribution in [3.63, 3.8) is 0 Å². The van der Waals surface area contributed by atoms with E-state index >= 15 is 0 Å². The summed E-state index contributed by atoms with van der Waals surface area (Å²) < 4.78 is 6.06. The molecule has 18 heavy (non-hydrogen) atoms. The molecule has 0 saturated carbocycles. The summed E-state index contributed by atoms with van der Waals surface area (Å²) in [6.45, 7) is 9.19. The zero-order valence-electron chi connectivity index (χ0n) is 12.4. The van der Waals surface area contributed by atoms with E-state index in [2.05, 4.69) is 31.1 Å². The smallest absolute Gasteiger partial charge is 0.0710 e. The van der Waals surface area contributed by atoms with Crippen molar-refractivity contribution >= 4 is 0 Å². The first-order chi connectivity index (χ1) is 8.55. The first kappa shape index (κ1) is 14.3. The molecule has 2 aliphatic rings. The second-order valence-electron chi connectivity index (χ2n) is 6.78. The molecule has 2 aliphatic heterocycles. The Kier molecular flexibility index (Phi) is 5.05. The molecule has 106 valence electrons. The summed E-state index contributed by atoms with van der Waals surface area (Å²) >= 11 is 0. The molecule has 0 aromatic carbocycles. The molecule has 3 nitrogen and oxygen atoms in total. The van der Waals surface area contributed by atoms with Crippen LogP contribution in [0.25, 0.3) is 0 Å². The van der Waals surface area contributed by atoms with Crippen LogP contribution in [-0.2, 0) is 4.74 Å². The van der Waals surface area contributed by atoms with Crippen molar-refractivity contribution in [2.24, 2.45) is 5.92 Å². The van der Waals surface area contributed by atoms with E-state index in [0.29, 0.717) is 6.10 Å². The van der Waals surface area contributed by atoms with E-state index in [4.69, 9.17) is 4.74 Å². The van der Waals surface area contributed by atoms with Gasteiger partial charge in [-0.2, -0.15) is 0 Å². The standard InChI is InChI=1S/C15H30N2O/c1-15(2)8-4-14(18-15)12-17(3)11-7-13-5-9-16-10-6-13/h13-14,16H,4-12H2,1-3H3. The first-order valence-electron chi connectivity index (χ1n) is 7.62. The Morgan fingerprint density at radius 1 is 1.22 bits per heavy atom. The molecule has 0 spiro atoms. The van der Waals surface area contributed by atoms with Crippen LogP contribution in [0.2, 0.25) is 0 Å². The normalized spacial score (nSPS) is 29.0. The maximum absolute atomic E-state index is 6.06. The summed E-state index contributed by atoms with van der Waals surface area (Å²) in [4.78, 5) is 2.47. The summed E-state index contributed by atoms with van der Waals surface area (Å²) in [5.41, 5.74) is 0.112. The van der Waals surface area contributed by atoms with Crippen LogP contribution in [0.3, 0.4) is 0 Å². The molecule has 0 aromatic rings. The molecule has 0 amide bonds. The maximum Gasteiger partial charge on any atom is 0.0710 e. The number of nitrogens with one attached hydrogen (secondary N) is 1. The topological polar surface area (TPSA) is 24.5 Å². The van der Waals surface area contributed by atoms with Crippen LogP contribution in [-0.4, -0.2) is 49.8 Å². The largest absolute Gasteiger partial charge is 0.371 e. The van der Waals surface area contributed by atoms with Crippen molar-refractivity contribution in [3.05, 3.63) is 0 Å². The van der Waals surface area contributed by atoms with Crippen LogP contribution >= 0.6 is 0 Å². The number of hydrogen-bond acceptors (Lipinski definition) is 3. The summed E-state index contributed by atoms with van der Waals surface area (Å²) in [6, 6.07) is 0. The predicted octanol–water partition coefficient (Wildman–Crippen LogP) is 2.27. The molecular formula is C15H30N2O. The third kappa shape index (κ3) is 4.52. The number of piperidine rings is 1. The van der Waals surface area contributed by atoms with Crippen LogP contribution in [0.4, 0.5) is 0 Å². The molecule has 2 fully saturated rings. The molecule has 3 heteroatoms. The average Bonchev–Trinajstić information content (AvgIpc) is 2.67. The van der Waals surface area contributed by atoms with Gasteiger partial charge in [-0.3, -0.25) is 0 Å². The van der Waals surface area contributed by atoms with Gasteiger partial charge in [-0.15, -0.1) is 0 Å². The first-order valence-corrected chi connectivity index (χ1v) is 7.62. The number of likely N-dealkylation sites (N-methyl/N-ethyl adjacent to an activating group) is 1. The number of ether oxygens (including phenoxy) is 1. The zero-order chi connectivity index (χ0) is 13.0. The Balaban J connectivity index is 1.61. The van der Waals surface area contributed by atoms with Crippen LogP contribution in [0.1, 0.15) is 46.0 Å². The van der Waals surface area contributed by atoms with E-state index in [9.17, 15) is 0 Å². The predicted molar refractivity (Wildman–Crippen MR) is 75.9 cm³/mol. The lowest BCUT2D eigenvalue weighted by molar-refractivity contribution is -0.0264. The summed E-state index contributed by atoms with van der Waals surface area (Å²) in [7, 11) is 2.25. The molecule has 1 unspecified atom stereocenters. The molecule has 1 N–H and O–H groups in total. The Bertz CT molecular complexity index is 249. The zero-order valence-corrected chi connectivity index (χ0v) is 12.4. The van der Waals surface area contributed by atoms with Gasteiger partial charge in [-0.05, 0) is 78.6 Å². The van der Waals surface area contributed by atoms with Gasteiger partial charge in [0.05, 0.1) is 11.7 Å². The third-order valence-corrected chi connectivity index (χ3v) is 4.45. The monoisotopic (exact) mass is 254 g/mol. The van der Waals surface area contributed by atoms with Gasteiger partial charge in [0, 0.05) is 6.54 Å². The second-order valence-corrected chi connectivity index (χ2v) is 6.78. The van der Waals surface area contributed by atoms with Crippen LogP contribution in [0, 0.1) is 5.92 Å². The van der Waals surface area contributed by atoms with Gasteiger partial charge in [0.15, 0.2) is 0 Å². The highest BCUT2D eigenvalue weighted by molar-refractivity contribution is 4.82. The van der Waals surface area contributed by atoms with Crippen LogP contribution in [0.5, 0.6) is 0 Å². The fraction of sp³-hybridized carbons (Fsp3) is 1.00. The van der Waals surface area contributed by atoms with Crippen molar-refractivity contribution in [1.82, 2.24) is 10.2 Å². The van der Waals surface area contributed by atoms with Crippen LogP contribution < -0.4 is 5.32 Å². The van der Waals surface area contributed by atoms with Gasteiger partial charge in [0.1, 0.15) is 0 Å². The van der Waals surface area contributed by atoms with Gasteiger partial charge < -0.3 is 15.0 Å². The van der Waals surface area contributed by atoms with E-state index < -0.39 is 0 Å². The van der Waals surface area contributed by atoms with E-state index in [1.165, 1.54) is 51.7 Å². The van der Waals surface area contributed by atoms with Crippen molar-refractivity contribution in [1.29, 1.82) is 0 Å². The summed E-state index contributed by atoms with van der Waals surface area (Å²) in [5, 5.41) is 3.44. The Morgan fingerprint density at radius 3 is 2.56 bits per heavy atom. The molecule has 0 radical (unpaired) electrons. The molecule has 1 atom stereocenters. The minimum absolute atomic E-state index is 0.112. The Morgan fingerprint density at radius 2 is 1.94 bits per heavy atom.